The number of anilines is 3. The molecule has 1 aliphatic rings. The molecular formula is C24H25N5O. The molecule has 5 rings (SSSR count). The molecule has 3 aromatic heterocycles. The number of pyridine rings is 2. The number of nitrogens with zero attached hydrogens (tertiary/aromatic N) is 4. The van der Waals surface area contributed by atoms with Crippen LogP contribution >= 0.6 is 0 Å². The lowest BCUT2D eigenvalue weighted by atomic mass is 10.1. The fraction of sp³-hybridized carbons (Fsp3) is 0.250. The number of nitrogens with one attached hydrogen (secondary N) is 1. The topological polar surface area (TPSA) is 54.7 Å². The predicted octanol–water partition coefficient (Wildman–Crippen LogP) is 4.59. The molecule has 0 radical (unpaired) electrons. The zero-order chi connectivity index (χ0) is 20.5. The molecule has 1 aromatic carbocycles. The highest BCUT2D eigenvalue weighted by atomic mass is 16.5. The Bertz CT molecular complexity index is 1180. The maximum absolute atomic E-state index is 5.48. The standard InChI is InChI=1S/C24H25N5O/c1-17-15-20(5-7-22(17)28-11-13-30-14-12-28)27-21-6-8-23(29-10-9-25-24(21)29)19-4-3-18(2)26-16-19/h3-10,15-16,27H,11-14H2,1-2H3. The zero-order valence-electron chi connectivity index (χ0n) is 17.3. The van der Waals surface area contributed by atoms with Gasteiger partial charge in [0.2, 0.25) is 0 Å². The normalized spacial score (nSPS) is 14.3. The molecule has 0 saturated carbocycles. The van der Waals surface area contributed by atoms with E-state index in [0.29, 0.717) is 0 Å². The van der Waals surface area contributed by atoms with Crippen LogP contribution in [0.15, 0.2) is 61.1 Å². The van der Waals surface area contributed by atoms with E-state index >= 15 is 0 Å². The number of morpholine rings is 1. The van der Waals surface area contributed by atoms with Crippen LogP contribution in [0.25, 0.3) is 16.9 Å². The first kappa shape index (κ1) is 18.6. The number of ether oxygens (including phenoxy) is 1. The Labute approximate surface area is 176 Å². The highest BCUT2D eigenvalue weighted by Crippen LogP contribution is 2.30. The molecule has 1 saturated heterocycles. The van der Waals surface area contributed by atoms with E-state index in [-0.39, 0.29) is 0 Å². The van der Waals surface area contributed by atoms with Gasteiger partial charge in [-0.3, -0.25) is 9.38 Å². The van der Waals surface area contributed by atoms with E-state index in [1.807, 2.05) is 31.6 Å². The SMILES string of the molecule is Cc1ccc(-c2ccc(Nc3ccc(N4CCOCC4)c(C)c3)c3nccn23)cn1. The molecule has 0 unspecified atom stereocenters. The van der Waals surface area contributed by atoms with Crippen LogP contribution in [0.3, 0.4) is 0 Å². The maximum atomic E-state index is 5.48. The van der Waals surface area contributed by atoms with Crippen molar-refractivity contribution in [2.75, 3.05) is 36.5 Å². The van der Waals surface area contributed by atoms with Gasteiger partial charge in [0, 0.05) is 54.3 Å². The fourth-order valence-corrected chi connectivity index (χ4v) is 4.01. The Kier molecular flexibility index (Phi) is 4.85. The number of rotatable bonds is 4. The van der Waals surface area contributed by atoms with Crippen molar-refractivity contribution in [2.24, 2.45) is 0 Å². The molecule has 0 amide bonds. The zero-order valence-corrected chi connectivity index (χ0v) is 17.3. The van der Waals surface area contributed by atoms with Gasteiger partial charge in [-0.2, -0.15) is 0 Å². The molecule has 30 heavy (non-hydrogen) atoms. The summed E-state index contributed by atoms with van der Waals surface area (Å²) < 4.78 is 7.58. The van der Waals surface area contributed by atoms with Gasteiger partial charge in [0.05, 0.1) is 24.6 Å². The van der Waals surface area contributed by atoms with Crippen LogP contribution in [-0.4, -0.2) is 40.7 Å². The molecule has 1 fully saturated rings. The summed E-state index contributed by atoms with van der Waals surface area (Å²) in [6, 6.07) is 14.8. The number of fused-ring (bicyclic) bond motifs is 1. The Morgan fingerprint density at radius 3 is 2.60 bits per heavy atom. The third-order valence-electron chi connectivity index (χ3n) is 5.58. The van der Waals surface area contributed by atoms with Crippen LogP contribution in [0.5, 0.6) is 0 Å². The quantitative estimate of drug-likeness (QED) is 0.544. The summed E-state index contributed by atoms with van der Waals surface area (Å²) in [5.41, 5.74) is 8.60. The molecule has 0 aliphatic carbocycles. The van der Waals surface area contributed by atoms with Gasteiger partial charge in [0.25, 0.3) is 0 Å². The fourth-order valence-electron chi connectivity index (χ4n) is 4.01. The van der Waals surface area contributed by atoms with Crippen LogP contribution < -0.4 is 10.2 Å². The lowest BCUT2D eigenvalue weighted by Crippen LogP contribution is -2.36. The summed E-state index contributed by atoms with van der Waals surface area (Å²) in [4.78, 5) is 11.4. The summed E-state index contributed by atoms with van der Waals surface area (Å²) in [6.07, 6.45) is 5.73. The molecular weight excluding hydrogens is 374 g/mol. The van der Waals surface area contributed by atoms with Gasteiger partial charge in [-0.25, -0.2) is 4.98 Å². The lowest BCUT2D eigenvalue weighted by Gasteiger charge is -2.30. The number of imidazole rings is 1. The third kappa shape index (κ3) is 3.50. The van der Waals surface area contributed by atoms with Gasteiger partial charge >= 0.3 is 0 Å². The van der Waals surface area contributed by atoms with Crippen LogP contribution in [0.4, 0.5) is 17.1 Å². The first-order valence-electron chi connectivity index (χ1n) is 10.3. The smallest absolute Gasteiger partial charge is 0.161 e. The van der Waals surface area contributed by atoms with E-state index < -0.39 is 0 Å². The number of aromatic nitrogens is 3. The van der Waals surface area contributed by atoms with Gasteiger partial charge in [-0.15, -0.1) is 0 Å². The van der Waals surface area contributed by atoms with Gasteiger partial charge in [0.1, 0.15) is 0 Å². The average Bonchev–Trinajstić information content (AvgIpc) is 3.26. The summed E-state index contributed by atoms with van der Waals surface area (Å²) >= 11 is 0. The number of hydrogen-bond donors (Lipinski definition) is 1. The molecule has 152 valence electrons. The minimum absolute atomic E-state index is 0.792. The monoisotopic (exact) mass is 399 g/mol. The minimum atomic E-state index is 0.792. The minimum Gasteiger partial charge on any atom is -0.378 e. The van der Waals surface area contributed by atoms with Crippen molar-refractivity contribution in [1.29, 1.82) is 0 Å². The van der Waals surface area contributed by atoms with Crippen molar-refractivity contribution in [2.45, 2.75) is 13.8 Å². The Balaban J connectivity index is 1.45. The van der Waals surface area contributed by atoms with Gasteiger partial charge in [-0.05, 0) is 61.9 Å². The molecule has 1 aliphatic heterocycles. The molecule has 6 nitrogen and oxygen atoms in total. The average molecular weight is 399 g/mol. The molecule has 4 heterocycles. The summed E-state index contributed by atoms with van der Waals surface area (Å²) in [5, 5.41) is 3.55. The van der Waals surface area contributed by atoms with E-state index in [1.165, 1.54) is 11.3 Å². The lowest BCUT2D eigenvalue weighted by molar-refractivity contribution is 0.122. The molecule has 0 bridgehead atoms. The number of benzene rings is 1. The molecule has 1 N–H and O–H groups in total. The van der Waals surface area contributed by atoms with Crippen LogP contribution in [-0.2, 0) is 4.74 Å². The maximum Gasteiger partial charge on any atom is 0.161 e. The van der Waals surface area contributed by atoms with Crippen molar-refractivity contribution in [1.82, 2.24) is 14.4 Å². The third-order valence-corrected chi connectivity index (χ3v) is 5.58. The first-order chi connectivity index (χ1) is 14.7. The van der Waals surface area contributed by atoms with Crippen molar-refractivity contribution in [3.63, 3.8) is 0 Å². The Morgan fingerprint density at radius 2 is 1.83 bits per heavy atom. The first-order valence-corrected chi connectivity index (χ1v) is 10.3. The summed E-state index contributed by atoms with van der Waals surface area (Å²) in [6.45, 7) is 7.63. The van der Waals surface area contributed by atoms with Crippen LogP contribution in [0.2, 0.25) is 0 Å². The Hall–Kier alpha value is -3.38. The van der Waals surface area contributed by atoms with E-state index in [4.69, 9.17) is 4.74 Å². The van der Waals surface area contributed by atoms with Gasteiger partial charge in [0.15, 0.2) is 5.65 Å². The van der Waals surface area contributed by atoms with E-state index in [2.05, 4.69) is 67.9 Å². The van der Waals surface area contributed by atoms with Crippen molar-refractivity contribution >= 4 is 22.7 Å². The predicted molar refractivity (Wildman–Crippen MR) is 121 cm³/mol. The van der Waals surface area contributed by atoms with E-state index in [0.717, 1.165) is 60.3 Å². The second-order valence-electron chi connectivity index (χ2n) is 7.67. The highest BCUT2D eigenvalue weighted by Gasteiger charge is 2.14. The summed E-state index contributed by atoms with van der Waals surface area (Å²) in [5.74, 6) is 0. The van der Waals surface area contributed by atoms with E-state index in [9.17, 15) is 0 Å². The van der Waals surface area contributed by atoms with Crippen LogP contribution in [0.1, 0.15) is 11.3 Å². The Morgan fingerprint density at radius 1 is 0.967 bits per heavy atom. The summed E-state index contributed by atoms with van der Waals surface area (Å²) in [7, 11) is 0. The number of aryl methyl sites for hydroxylation is 2. The molecule has 0 atom stereocenters. The highest BCUT2D eigenvalue weighted by molar-refractivity contribution is 5.78. The van der Waals surface area contributed by atoms with Crippen molar-refractivity contribution in [3.8, 4) is 11.3 Å². The van der Waals surface area contributed by atoms with Crippen LogP contribution in [0, 0.1) is 13.8 Å². The second-order valence-corrected chi connectivity index (χ2v) is 7.67. The number of hydrogen-bond acceptors (Lipinski definition) is 5. The van der Waals surface area contributed by atoms with Gasteiger partial charge in [-0.1, -0.05) is 0 Å². The van der Waals surface area contributed by atoms with Gasteiger partial charge < -0.3 is 15.0 Å². The van der Waals surface area contributed by atoms with Crippen molar-refractivity contribution < 1.29 is 4.74 Å². The molecule has 6 heteroatoms. The van der Waals surface area contributed by atoms with E-state index in [1.54, 1.807) is 0 Å². The largest absolute Gasteiger partial charge is 0.378 e. The van der Waals surface area contributed by atoms with Crippen molar-refractivity contribution in [3.05, 3.63) is 72.3 Å². The second kappa shape index (κ2) is 7.80. The molecule has 0 spiro atoms. The molecule has 4 aromatic rings.